The van der Waals surface area contributed by atoms with E-state index in [4.69, 9.17) is 19.0 Å². The first-order chi connectivity index (χ1) is 18.8. The van der Waals surface area contributed by atoms with Crippen LogP contribution in [0.15, 0.2) is 81.0 Å². The maximum atomic E-state index is 13.5. The Morgan fingerprint density at radius 2 is 1.92 bits per heavy atom. The summed E-state index contributed by atoms with van der Waals surface area (Å²) in [6.07, 6.45) is -0.0439. The highest BCUT2D eigenvalue weighted by Gasteiger charge is 2.22. The SMILES string of the molecule is COc1cccc2oc(-c3nc4ccccc4c(=O)n3N=Cc3ccc(O[C@H](C)C(=O)O)c([N+](=O)[O-])c3)cc12. The van der Waals surface area contributed by atoms with Crippen molar-refractivity contribution in [1.29, 1.82) is 0 Å². The Balaban J connectivity index is 1.63. The summed E-state index contributed by atoms with van der Waals surface area (Å²) in [7, 11) is 1.54. The molecule has 196 valence electrons. The molecule has 1 N–H and O–H groups in total. The van der Waals surface area contributed by atoms with Gasteiger partial charge in [0, 0.05) is 11.6 Å². The third kappa shape index (κ3) is 4.78. The number of carboxylic acids is 1. The van der Waals surface area contributed by atoms with Crippen molar-refractivity contribution >= 4 is 39.7 Å². The molecule has 39 heavy (non-hydrogen) atoms. The number of nitro benzene ring substituents is 1. The van der Waals surface area contributed by atoms with Gasteiger partial charge in [-0.1, -0.05) is 18.2 Å². The van der Waals surface area contributed by atoms with Gasteiger partial charge in [-0.15, -0.1) is 0 Å². The number of furan rings is 1. The highest BCUT2D eigenvalue weighted by Crippen LogP contribution is 2.33. The summed E-state index contributed by atoms with van der Waals surface area (Å²) >= 11 is 0. The van der Waals surface area contributed by atoms with Crippen LogP contribution in [0.1, 0.15) is 12.5 Å². The minimum absolute atomic E-state index is 0.109. The molecule has 3 aromatic carbocycles. The molecule has 12 heteroatoms. The molecule has 12 nitrogen and oxygen atoms in total. The molecule has 5 rings (SSSR count). The summed E-state index contributed by atoms with van der Waals surface area (Å²) in [6, 6.07) is 17.6. The van der Waals surface area contributed by atoms with E-state index in [1.807, 2.05) is 0 Å². The number of para-hydroxylation sites is 1. The molecule has 1 atom stereocenters. The van der Waals surface area contributed by atoms with Crippen molar-refractivity contribution in [2.45, 2.75) is 13.0 Å². The number of methoxy groups -OCH3 is 1. The number of rotatable bonds is 8. The molecule has 0 aliphatic carbocycles. The molecular formula is C27H20N4O8. The van der Waals surface area contributed by atoms with Crippen LogP contribution in [-0.4, -0.2) is 45.1 Å². The second kappa shape index (κ2) is 10.1. The van der Waals surface area contributed by atoms with E-state index >= 15 is 0 Å². The predicted octanol–water partition coefficient (Wildman–Crippen LogP) is 4.46. The minimum atomic E-state index is -1.30. The van der Waals surface area contributed by atoms with Gasteiger partial charge in [-0.2, -0.15) is 9.78 Å². The van der Waals surface area contributed by atoms with E-state index in [1.54, 1.807) is 48.5 Å². The lowest BCUT2D eigenvalue weighted by atomic mass is 10.2. The molecule has 0 bridgehead atoms. The Labute approximate surface area is 219 Å². The normalized spacial score (nSPS) is 12.2. The third-order valence-electron chi connectivity index (χ3n) is 5.87. The summed E-state index contributed by atoms with van der Waals surface area (Å²) in [4.78, 5) is 40.1. The van der Waals surface area contributed by atoms with Crippen LogP contribution in [0.5, 0.6) is 11.5 Å². The largest absolute Gasteiger partial charge is 0.496 e. The van der Waals surface area contributed by atoms with Crippen LogP contribution in [0, 0.1) is 10.1 Å². The maximum absolute atomic E-state index is 13.5. The number of carboxylic acid groups (broad SMARTS) is 1. The number of aliphatic carboxylic acids is 1. The van der Waals surface area contributed by atoms with Gasteiger partial charge in [0.1, 0.15) is 11.3 Å². The lowest BCUT2D eigenvalue weighted by Gasteiger charge is -2.10. The van der Waals surface area contributed by atoms with Crippen molar-refractivity contribution in [2.75, 3.05) is 7.11 Å². The lowest BCUT2D eigenvalue weighted by Crippen LogP contribution is -2.23. The highest BCUT2D eigenvalue weighted by atomic mass is 16.6. The van der Waals surface area contributed by atoms with E-state index in [-0.39, 0.29) is 22.9 Å². The zero-order valence-corrected chi connectivity index (χ0v) is 20.6. The molecule has 0 saturated carbocycles. The average molecular weight is 528 g/mol. The van der Waals surface area contributed by atoms with Gasteiger partial charge in [-0.3, -0.25) is 14.9 Å². The zero-order chi connectivity index (χ0) is 27.7. The molecule has 5 aromatic rings. The van der Waals surface area contributed by atoms with E-state index < -0.39 is 28.2 Å². The van der Waals surface area contributed by atoms with Gasteiger partial charge in [0.2, 0.25) is 5.82 Å². The lowest BCUT2D eigenvalue weighted by molar-refractivity contribution is -0.386. The predicted molar refractivity (Wildman–Crippen MR) is 142 cm³/mol. The second-order valence-corrected chi connectivity index (χ2v) is 8.38. The number of hydrogen-bond acceptors (Lipinski definition) is 9. The monoisotopic (exact) mass is 528 g/mol. The molecule has 0 amide bonds. The van der Waals surface area contributed by atoms with Gasteiger partial charge >= 0.3 is 11.7 Å². The Bertz CT molecular complexity index is 1840. The fourth-order valence-electron chi connectivity index (χ4n) is 3.93. The molecule has 0 unspecified atom stereocenters. The van der Waals surface area contributed by atoms with E-state index in [0.29, 0.717) is 27.6 Å². The van der Waals surface area contributed by atoms with Crippen molar-refractivity contribution in [3.8, 4) is 23.1 Å². The van der Waals surface area contributed by atoms with Crippen LogP contribution in [0.4, 0.5) is 5.69 Å². The number of nitro groups is 1. The van der Waals surface area contributed by atoms with Crippen molar-refractivity contribution in [1.82, 2.24) is 9.66 Å². The number of fused-ring (bicyclic) bond motifs is 2. The molecule has 0 aliphatic heterocycles. The van der Waals surface area contributed by atoms with Crippen LogP contribution in [-0.2, 0) is 4.79 Å². The number of hydrogen-bond donors (Lipinski definition) is 1. The van der Waals surface area contributed by atoms with E-state index in [9.17, 15) is 19.7 Å². The first kappa shape index (κ1) is 25.1. The Kier molecular flexibility index (Phi) is 6.51. The summed E-state index contributed by atoms with van der Waals surface area (Å²) in [5, 5.41) is 26.0. The second-order valence-electron chi connectivity index (χ2n) is 8.38. The minimum Gasteiger partial charge on any atom is -0.496 e. The van der Waals surface area contributed by atoms with Crippen LogP contribution < -0.4 is 15.0 Å². The van der Waals surface area contributed by atoms with Gasteiger partial charge < -0.3 is 19.0 Å². The first-order valence-electron chi connectivity index (χ1n) is 11.6. The van der Waals surface area contributed by atoms with Crippen LogP contribution >= 0.6 is 0 Å². The van der Waals surface area contributed by atoms with E-state index in [2.05, 4.69) is 10.1 Å². The van der Waals surface area contributed by atoms with E-state index in [0.717, 1.165) is 4.68 Å². The topological polar surface area (TPSA) is 159 Å². The van der Waals surface area contributed by atoms with Gasteiger partial charge in [0.15, 0.2) is 17.6 Å². The quantitative estimate of drug-likeness (QED) is 0.174. The number of nitrogens with zero attached hydrogens (tertiary/aromatic N) is 4. The van der Waals surface area contributed by atoms with Crippen molar-refractivity contribution < 1.29 is 28.7 Å². The third-order valence-corrected chi connectivity index (χ3v) is 5.87. The number of benzene rings is 3. The molecule has 0 saturated heterocycles. The Hall–Kier alpha value is -5.52. The van der Waals surface area contributed by atoms with Gasteiger partial charge in [0.25, 0.3) is 5.56 Å². The molecule has 0 spiro atoms. The maximum Gasteiger partial charge on any atom is 0.344 e. The fourth-order valence-corrected chi connectivity index (χ4v) is 3.93. The van der Waals surface area contributed by atoms with Crippen LogP contribution in [0.25, 0.3) is 33.5 Å². The number of carbonyl (C=O) groups is 1. The summed E-state index contributed by atoms with van der Waals surface area (Å²) in [6.45, 7) is 1.26. The summed E-state index contributed by atoms with van der Waals surface area (Å²) in [5.74, 6) is -0.542. The fraction of sp³-hybridized carbons (Fsp3) is 0.111. The zero-order valence-electron chi connectivity index (χ0n) is 20.6. The van der Waals surface area contributed by atoms with Gasteiger partial charge in [0.05, 0.1) is 34.5 Å². The standard InChI is InChI=1S/C27H20N4O8/c1-15(27(33)34)38-23-11-10-16(12-20(23)31(35)36)14-28-30-25(29-19-7-4-3-6-17(19)26(30)32)24-13-18-21(37-2)8-5-9-22(18)39-24/h3-15H,1-2H3,(H,33,34)/t15-/m1/s1. The van der Waals surface area contributed by atoms with Gasteiger partial charge in [-0.25, -0.2) is 9.78 Å². The molecule has 0 aliphatic rings. The smallest absolute Gasteiger partial charge is 0.344 e. The molecule has 2 heterocycles. The van der Waals surface area contributed by atoms with E-state index in [1.165, 1.54) is 38.4 Å². The molecular weight excluding hydrogens is 508 g/mol. The van der Waals surface area contributed by atoms with Crippen molar-refractivity contribution in [2.24, 2.45) is 5.10 Å². The summed E-state index contributed by atoms with van der Waals surface area (Å²) < 4.78 is 17.6. The van der Waals surface area contributed by atoms with Crippen molar-refractivity contribution in [3.63, 3.8) is 0 Å². The molecule has 0 fully saturated rings. The van der Waals surface area contributed by atoms with Crippen LogP contribution in [0.2, 0.25) is 0 Å². The summed E-state index contributed by atoms with van der Waals surface area (Å²) in [5.41, 5.74) is 0.268. The average Bonchev–Trinajstić information content (AvgIpc) is 3.37. The Morgan fingerprint density at radius 3 is 2.67 bits per heavy atom. The first-order valence-corrected chi connectivity index (χ1v) is 11.6. The van der Waals surface area contributed by atoms with Crippen LogP contribution in [0.3, 0.4) is 0 Å². The highest BCUT2D eigenvalue weighted by molar-refractivity contribution is 5.89. The number of ether oxygens (including phenoxy) is 2. The van der Waals surface area contributed by atoms with Crippen molar-refractivity contribution in [3.05, 3.63) is 92.8 Å². The Morgan fingerprint density at radius 1 is 1.13 bits per heavy atom. The van der Waals surface area contributed by atoms with Gasteiger partial charge in [-0.05, 0) is 49.4 Å². The molecule has 0 radical (unpaired) electrons. The molecule has 2 aromatic heterocycles. The number of aromatic nitrogens is 2.